The maximum Gasteiger partial charge on any atom is 4.00 e. The fourth-order valence-electron chi connectivity index (χ4n) is 2.36. The number of rotatable bonds is 8. The van der Waals surface area contributed by atoms with Crippen molar-refractivity contribution in [1.82, 2.24) is 0 Å². The fraction of sp³-hybridized carbons (Fsp3) is 0.375. The Balaban J connectivity index is -0.000000384. The van der Waals surface area contributed by atoms with E-state index >= 15 is 0 Å². The molecule has 0 heterocycles. The van der Waals surface area contributed by atoms with Crippen molar-refractivity contribution < 1.29 is 77.2 Å². The van der Waals surface area contributed by atoms with Crippen LogP contribution in [0.3, 0.4) is 0 Å². The van der Waals surface area contributed by atoms with Crippen molar-refractivity contribution >= 4 is 28.0 Å². The fourth-order valence-corrected chi connectivity index (χ4v) is 5.98. The molecule has 2 aromatic rings. The van der Waals surface area contributed by atoms with Crippen LogP contribution in [-0.2, 0) is 52.4 Å². The van der Waals surface area contributed by atoms with Gasteiger partial charge >= 0.3 is 43.5 Å². The van der Waals surface area contributed by atoms with Crippen molar-refractivity contribution in [3.05, 3.63) is 48.5 Å². The summed E-state index contributed by atoms with van der Waals surface area (Å²) in [5.74, 6) is 0. The second-order valence-corrected chi connectivity index (χ2v) is 10.5. The molecule has 0 bridgehead atoms. The van der Waals surface area contributed by atoms with Crippen molar-refractivity contribution in [2.45, 2.75) is 0 Å². The molecule has 0 aliphatic heterocycles. The molecule has 0 saturated carbocycles. The van der Waals surface area contributed by atoms with Gasteiger partial charge in [0, 0.05) is 42.7 Å². The van der Waals surface area contributed by atoms with Gasteiger partial charge in [-0.2, -0.15) is 24.3 Å². The van der Waals surface area contributed by atoms with Crippen LogP contribution in [-0.4, -0.2) is 60.3 Å². The van der Waals surface area contributed by atoms with Crippen LogP contribution in [0.4, 0.5) is 0 Å². The van der Waals surface area contributed by atoms with Crippen LogP contribution in [0.1, 0.15) is 0 Å². The predicted molar refractivity (Wildman–Crippen MR) is 96.9 cm³/mol. The van der Waals surface area contributed by atoms with Gasteiger partial charge < -0.3 is 51.4 Å². The molecule has 0 atom stereocenters. The molecular formula is C16H26Cl2HfO6Si2. The largest absolute Gasteiger partial charge is 4.00 e. The van der Waals surface area contributed by atoms with E-state index in [-0.39, 0.29) is 50.7 Å². The van der Waals surface area contributed by atoms with Gasteiger partial charge in [-0.15, -0.1) is 0 Å². The van der Waals surface area contributed by atoms with Gasteiger partial charge in [0.1, 0.15) is 0 Å². The normalized spacial score (nSPS) is 10.6. The van der Waals surface area contributed by atoms with Crippen molar-refractivity contribution in [3.8, 4) is 0 Å². The Hall–Kier alpha value is 0.344. The summed E-state index contributed by atoms with van der Waals surface area (Å²) in [6, 6.07) is 15.5. The standard InChI is InChI=1S/2C8H13O3Si.2ClH.Hf/c2*1-9-12(10-2,11-3)8-6-4-5-7-8;;;/h2*4-7H,1-3H3;2*1H;/q2*-1;;;+4/p-2. The van der Waals surface area contributed by atoms with E-state index < -0.39 is 17.6 Å². The molecule has 11 heteroatoms. The minimum absolute atomic E-state index is 0. The molecule has 0 saturated heterocycles. The first kappa shape index (κ1) is 32.0. The molecule has 0 fully saturated rings. The molecule has 2 rings (SSSR count). The Morgan fingerprint density at radius 2 is 0.667 bits per heavy atom. The number of hydrogen-bond acceptors (Lipinski definition) is 6. The van der Waals surface area contributed by atoms with Crippen LogP contribution >= 0.6 is 0 Å². The molecule has 0 aliphatic rings. The van der Waals surface area contributed by atoms with Crippen molar-refractivity contribution in [1.29, 1.82) is 0 Å². The first-order valence-electron chi connectivity index (χ1n) is 7.33. The molecule has 2 aromatic carbocycles. The van der Waals surface area contributed by atoms with Gasteiger partial charge in [0.15, 0.2) is 0 Å². The Bertz CT molecular complexity index is 482. The van der Waals surface area contributed by atoms with Gasteiger partial charge in [0.2, 0.25) is 0 Å². The maximum atomic E-state index is 5.28. The maximum absolute atomic E-state index is 5.28. The second-order valence-electron chi connectivity index (χ2n) is 4.68. The quantitative estimate of drug-likeness (QED) is 0.218. The topological polar surface area (TPSA) is 55.4 Å². The van der Waals surface area contributed by atoms with E-state index in [9.17, 15) is 0 Å². The van der Waals surface area contributed by atoms with E-state index in [1.807, 2.05) is 48.5 Å². The third kappa shape index (κ3) is 7.94. The monoisotopic (exact) mass is 620 g/mol. The molecule has 0 radical (unpaired) electrons. The summed E-state index contributed by atoms with van der Waals surface area (Å²) in [6.45, 7) is 0. The summed E-state index contributed by atoms with van der Waals surface area (Å²) in [5, 5.41) is 1.99. The second kappa shape index (κ2) is 16.2. The summed E-state index contributed by atoms with van der Waals surface area (Å²) < 4.78 is 31.7. The van der Waals surface area contributed by atoms with Crippen molar-refractivity contribution in [2.24, 2.45) is 0 Å². The molecular weight excluding hydrogens is 594 g/mol. The molecule has 6 nitrogen and oxygen atoms in total. The SMILES string of the molecule is CO[Si](OC)(OC)[c-]1cccc1.CO[Si](OC)(OC)[c-]1cccc1.[Cl-].[Cl-].[Hf+4]. The molecule has 0 unspecified atom stereocenters. The van der Waals surface area contributed by atoms with E-state index in [0.717, 1.165) is 10.4 Å². The minimum Gasteiger partial charge on any atom is -1.00 e. The molecule has 0 aliphatic carbocycles. The molecule has 0 N–H and O–H groups in total. The van der Waals surface area contributed by atoms with Crippen LogP contribution in [0.15, 0.2) is 48.5 Å². The van der Waals surface area contributed by atoms with Crippen LogP contribution in [0.25, 0.3) is 0 Å². The molecule has 152 valence electrons. The third-order valence-electron chi connectivity index (χ3n) is 3.64. The zero-order valence-corrected chi connectivity index (χ0v) is 23.4. The first-order chi connectivity index (χ1) is 11.6. The van der Waals surface area contributed by atoms with Gasteiger partial charge in [0.05, 0.1) is 0 Å². The van der Waals surface area contributed by atoms with E-state index in [2.05, 4.69) is 0 Å². The smallest absolute Gasteiger partial charge is 1.00 e. The summed E-state index contributed by atoms with van der Waals surface area (Å²) in [6.07, 6.45) is 0. The van der Waals surface area contributed by atoms with Crippen LogP contribution in [0, 0.1) is 0 Å². The Morgan fingerprint density at radius 3 is 0.815 bits per heavy atom. The summed E-state index contributed by atoms with van der Waals surface area (Å²) in [4.78, 5) is 0. The average molecular weight is 620 g/mol. The van der Waals surface area contributed by atoms with Crippen LogP contribution in [0.2, 0.25) is 0 Å². The van der Waals surface area contributed by atoms with E-state index in [0.29, 0.717) is 0 Å². The predicted octanol–water partition coefficient (Wildman–Crippen LogP) is -5.01. The summed E-state index contributed by atoms with van der Waals surface area (Å²) in [5.41, 5.74) is 0. The Labute approximate surface area is 195 Å². The number of hydrogen-bond donors (Lipinski definition) is 0. The van der Waals surface area contributed by atoms with E-state index in [1.165, 1.54) is 0 Å². The molecule has 0 aromatic heterocycles. The Kier molecular flexibility index (Phi) is 19.2. The molecule has 0 amide bonds. The van der Waals surface area contributed by atoms with Gasteiger partial charge in [-0.25, -0.2) is 24.3 Å². The van der Waals surface area contributed by atoms with E-state index in [4.69, 9.17) is 26.6 Å². The number of halogens is 2. The van der Waals surface area contributed by atoms with Gasteiger partial charge in [0.25, 0.3) is 0 Å². The first-order valence-corrected chi connectivity index (χ1v) is 10.8. The van der Waals surface area contributed by atoms with E-state index in [1.54, 1.807) is 42.7 Å². The minimum atomic E-state index is -2.54. The summed E-state index contributed by atoms with van der Waals surface area (Å²) in [7, 11) is 4.54. The Morgan fingerprint density at radius 1 is 0.481 bits per heavy atom. The third-order valence-corrected chi connectivity index (χ3v) is 8.95. The van der Waals surface area contributed by atoms with Crippen LogP contribution < -0.4 is 35.2 Å². The van der Waals surface area contributed by atoms with Crippen LogP contribution in [0.5, 0.6) is 0 Å². The molecule has 27 heavy (non-hydrogen) atoms. The van der Waals surface area contributed by atoms with Crippen molar-refractivity contribution in [2.75, 3.05) is 42.7 Å². The zero-order valence-electron chi connectivity index (χ0n) is 16.3. The summed E-state index contributed by atoms with van der Waals surface area (Å²) >= 11 is 0. The molecule has 0 spiro atoms. The van der Waals surface area contributed by atoms with Crippen molar-refractivity contribution in [3.63, 3.8) is 0 Å². The van der Waals surface area contributed by atoms with Gasteiger partial charge in [-0.1, -0.05) is 10.4 Å². The van der Waals surface area contributed by atoms with Gasteiger partial charge in [-0.05, 0) is 0 Å². The average Bonchev–Trinajstić information content (AvgIpc) is 3.34. The van der Waals surface area contributed by atoms with Gasteiger partial charge in [-0.3, -0.25) is 0 Å². The zero-order chi connectivity index (χ0) is 18.1.